The number of ether oxygens (including phenoxy) is 2. The van der Waals surface area contributed by atoms with Gasteiger partial charge in [-0.2, -0.15) is 11.8 Å². The van der Waals surface area contributed by atoms with E-state index in [1.165, 1.54) is 24.3 Å². The highest BCUT2D eigenvalue weighted by molar-refractivity contribution is 7.99. The van der Waals surface area contributed by atoms with E-state index in [9.17, 15) is 0 Å². The molecule has 2 aliphatic heterocycles. The van der Waals surface area contributed by atoms with Crippen molar-refractivity contribution in [2.45, 2.75) is 79.3 Å². The van der Waals surface area contributed by atoms with Crippen LogP contribution >= 0.6 is 11.8 Å². The van der Waals surface area contributed by atoms with E-state index >= 15 is 0 Å². The first-order valence-corrected chi connectivity index (χ1v) is 12.9. The van der Waals surface area contributed by atoms with Crippen LogP contribution in [0.1, 0.15) is 68.2 Å². The average molecular weight is 429 g/mol. The van der Waals surface area contributed by atoms with E-state index in [1.54, 1.807) is 0 Å². The minimum absolute atomic E-state index is 0.212. The molecule has 2 aliphatic rings. The molecule has 29 heavy (non-hydrogen) atoms. The van der Waals surface area contributed by atoms with E-state index in [0.29, 0.717) is 0 Å². The van der Waals surface area contributed by atoms with Crippen LogP contribution in [0.25, 0.3) is 0 Å². The van der Waals surface area contributed by atoms with Crippen molar-refractivity contribution in [3.63, 3.8) is 0 Å². The van der Waals surface area contributed by atoms with Gasteiger partial charge in [-0.15, -0.1) is 0 Å². The highest BCUT2D eigenvalue weighted by atomic mass is 32.2. The number of thioether (sulfide) groups is 1. The maximum absolute atomic E-state index is 5.69. The zero-order chi connectivity index (χ0) is 21.8. The Morgan fingerprint density at radius 1 is 0.621 bits per heavy atom. The minimum Gasteiger partial charge on any atom is -0.379 e. The lowest BCUT2D eigenvalue weighted by atomic mass is 9.71. The van der Waals surface area contributed by atoms with E-state index in [4.69, 9.17) is 9.47 Å². The topological polar surface area (TPSA) is 24.9 Å². The SMILES string of the molecule is CCC(CSCC(CC)(N1CCOCC1)C(C)(C)C)(N1CCOCC1)C(C)(C)C. The molecule has 2 heterocycles. The standard InChI is InChI=1S/C24H48N2O2S/c1-9-23(21(3,4)5,25-11-15-27-16-12-25)19-29-20-24(10-2,22(6,7)8)26-13-17-28-18-14-26/h9-20H2,1-8H3. The van der Waals surface area contributed by atoms with Crippen molar-refractivity contribution in [2.75, 3.05) is 64.1 Å². The van der Waals surface area contributed by atoms with Gasteiger partial charge in [0.05, 0.1) is 26.4 Å². The van der Waals surface area contributed by atoms with E-state index in [-0.39, 0.29) is 21.9 Å². The Labute approximate surface area is 185 Å². The lowest BCUT2D eigenvalue weighted by Gasteiger charge is -2.55. The van der Waals surface area contributed by atoms with Crippen LogP contribution in [-0.4, -0.2) is 85.0 Å². The monoisotopic (exact) mass is 428 g/mol. The molecule has 0 N–H and O–H groups in total. The third kappa shape index (κ3) is 5.34. The quantitative estimate of drug-likeness (QED) is 0.554. The molecule has 0 bridgehead atoms. The molecule has 0 saturated carbocycles. The molecule has 0 aromatic rings. The molecule has 0 radical (unpaired) electrons. The van der Waals surface area contributed by atoms with Gasteiger partial charge < -0.3 is 9.47 Å². The zero-order valence-electron chi connectivity index (χ0n) is 20.6. The van der Waals surface area contributed by atoms with Crippen LogP contribution in [0.4, 0.5) is 0 Å². The molecule has 0 amide bonds. The summed E-state index contributed by atoms with van der Waals surface area (Å²) in [6.45, 7) is 27.1. The van der Waals surface area contributed by atoms with Crippen molar-refractivity contribution < 1.29 is 9.47 Å². The van der Waals surface area contributed by atoms with Gasteiger partial charge in [-0.05, 0) is 23.7 Å². The predicted molar refractivity (Wildman–Crippen MR) is 127 cm³/mol. The van der Waals surface area contributed by atoms with E-state index < -0.39 is 0 Å². The maximum atomic E-state index is 5.69. The molecule has 0 aromatic carbocycles. The summed E-state index contributed by atoms with van der Waals surface area (Å²) in [7, 11) is 0. The van der Waals surface area contributed by atoms with Crippen molar-refractivity contribution >= 4 is 11.8 Å². The average Bonchev–Trinajstić information content (AvgIpc) is 2.68. The van der Waals surface area contributed by atoms with Crippen LogP contribution in [0.15, 0.2) is 0 Å². The Balaban J connectivity index is 2.21. The summed E-state index contributed by atoms with van der Waals surface area (Å²) in [6.07, 6.45) is 2.38. The lowest BCUT2D eigenvalue weighted by molar-refractivity contribution is -0.0616. The van der Waals surface area contributed by atoms with E-state index in [0.717, 1.165) is 52.6 Å². The molecule has 4 nitrogen and oxygen atoms in total. The lowest BCUT2D eigenvalue weighted by Crippen LogP contribution is -2.63. The van der Waals surface area contributed by atoms with Gasteiger partial charge in [0.25, 0.3) is 0 Å². The predicted octanol–water partition coefficient (Wildman–Crippen LogP) is 4.77. The first-order chi connectivity index (χ1) is 13.5. The van der Waals surface area contributed by atoms with Crippen LogP contribution in [0.5, 0.6) is 0 Å². The van der Waals surface area contributed by atoms with Gasteiger partial charge in [-0.1, -0.05) is 55.4 Å². The largest absolute Gasteiger partial charge is 0.379 e. The molecule has 2 unspecified atom stereocenters. The molecular weight excluding hydrogens is 380 g/mol. The molecule has 5 heteroatoms. The molecule has 2 saturated heterocycles. The smallest absolute Gasteiger partial charge is 0.0594 e. The number of morpholine rings is 2. The number of nitrogens with zero attached hydrogens (tertiary/aromatic N) is 2. The first-order valence-electron chi connectivity index (χ1n) is 11.8. The van der Waals surface area contributed by atoms with Gasteiger partial charge in [0.15, 0.2) is 0 Å². The second-order valence-corrected chi connectivity index (χ2v) is 11.9. The van der Waals surface area contributed by atoms with Gasteiger partial charge in [-0.3, -0.25) is 9.80 Å². The molecular formula is C24H48N2O2S. The summed E-state index contributed by atoms with van der Waals surface area (Å²) >= 11 is 2.19. The van der Waals surface area contributed by atoms with Crippen molar-refractivity contribution in [1.82, 2.24) is 9.80 Å². The van der Waals surface area contributed by atoms with Crippen LogP contribution in [0.2, 0.25) is 0 Å². The number of hydrogen-bond donors (Lipinski definition) is 0. The third-order valence-corrected chi connectivity index (χ3v) is 9.24. The first kappa shape index (κ1) is 25.5. The molecule has 0 aliphatic carbocycles. The van der Waals surface area contributed by atoms with Gasteiger partial charge in [0.2, 0.25) is 0 Å². The van der Waals surface area contributed by atoms with Gasteiger partial charge in [0.1, 0.15) is 0 Å². The summed E-state index contributed by atoms with van der Waals surface area (Å²) in [5.41, 5.74) is 0.900. The van der Waals surface area contributed by atoms with Crippen molar-refractivity contribution in [1.29, 1.82) is 0 Å². The second-order valence-electron chi connectivity index (χ2n) is 11.0. The molecule has 0 spiro atoms. The molecule has 172 valence electrons. The van der Waals surface area contributed by atoms with Crippen LogP contribution in [0, 0.1) is 10.8 Å². The minimum atomic E-state index is 0.212. The van der Waals surface area contributed by atoms with E-state index in [2.05, 4.69) is 77.0 Å². The third-order valence-electron chi connectivity index (χ3n) is 7.88. The van der Waals surface area contributed by atoms with Gasteiger partial charge in [0, 0.05) is 48.8 Å². The Kier molecular flexibility index (Phi) is 8.96. The summed E-state index contributed by atoms with van der Waals surface area (Å²) in [4.78, 5) is 5.48. The van der Waals surface area contributed by atoms with Gasteiger partial charge >= 0.3 is 0 Å². The van der Waals surface area contributed by atoms with Crippen molar-refractivity contribution in [3.8, 4) is 0 Å². The molecule has 2 atom stereocenters. The highest BCUT2D eigenvalue weighted by Gasteiger charge is 2.48. The molecule has 2 fully saturated rings. The fraction of sp³-hybridized carbons (Fsp3) is 1.00. The summed E-state index contributed by atoms with van der Waals surface area (Å²) in [5, 5.41) is 0. The normalized spacial score (nSPS) is 24.8. The Hall–Kier alpha value is 0.190. The highest BCUT2D eigenvalue weighted by Crippen LogP contribution is 2.45. The summed E-state index contributed by atoms with van der Waals surface area (Å²) in [5.74, 6) is 2.38. The van der Waals surface area contributed by atoms with Crippen LogP contribution in [0.3, 0.4) is 0 Å². The fourth-order valence-corrected chi connectivity index (χ4v) is 8.06. The number of rotatable bonds is 8. The fourth-order valence-electron chi connectivity index (χ4n) is 5.65. The molecule has 0 aromatic heterocycles. The van der Waals surface area contributed by atoms with Crippen molar-refractivity contribution in [3.05, 3.63) is 0 Å². The van der Waals surface area contributed by atoms with Crippen LogP contribution < -0.4 is 0 Å². The van der Waals surface area contributed by atoms with Gasteiger partial charge in [-0.25, -0.2) is 0 Å². The van der Waals surface area contributed by atoms with Crippen molar-refractivity contribution in [2.24, 2.45) is 10.8 Å². The van der Waals surface area contributed by atoms with Crippen LogP contribution in [-0.2, 0) is 9.47 Å². The summed E-state index contributed by atoms with van der Waals surface area (Å²) < 4.78 is 11.4. The van der Waals surface area contributed by atoms with E-state index in [1.807, 2.05) is 0 Å². The number of hydrogen-bond acceptors (Lipinski definition) is 5. The Bertz CT molecular complexity index is 446. The maximum Gasteiger partial charge on any atom is 0.0594 e. The summed E-state index contributed by atoms with van der Waals surface area (Å²) in [6, 6.07) is 0. The second kappa shape index (κ2) is 10.2. The Morgan fingerprint density at radius 2 is 0.931 bits per heavy atom. The zero-order valence-corrected chi connectivity index (χ0v) is 21.4. The molecule has 2 rings (SSSR count). The Morgan fingerprint density at radius 3 is 1.17 bits per heavy atom.